The van der Waals surface area contributed by atoms with Gasteiger partial charge < -0.3 is 0 Å². The third kappa shape index (κ3) is 5.47. The molecule has 0 saturated heterocycles. The summed E-state index contributed by atoms with van der Waals surface area (Å²) in [4.78, 5) is 20.7. The Kier molecular flexibility index (Phi) is 7.46. The molecule has 0 bridgehead atoms. The van der Waals surface area contributed by atoms with E-state index in [0.29, 0.717) is 0 Å². The summed E-state index contributed by atoms with van der Waals surface area (Å²) in [7, 11) is 0. The Bertz CT molecular complexity index is 3300. The van der Waals surface area contributed by atoms with E-state index in [9.17, 15) is 0 Å². The number of fused-ring (bicyclic) bond motifs is 5. The van der Waals surface area contributed by atoms with Crippen LogP contribution in [0.1, 0.15) is 0 Å². The first-order valence-electron chi connectivity index (χ1n) is 18.9. The molecule has 0 N–H and O–H groups in total. The van der Waals surface area contributed by atoms with Crippen LogP contribution in [0, 0.1) is 0 Å². The second-order valence-corrected chi connectivity index (χ2v) is 14.2. The van der Waals surface area contributed by atoms with Crippen LogP contribution in [0.4, 0.5) is 0 Å². The fourth-order valence-electron chi connectivity index (χ4n) is 8.14. The lowest BCUT2D eigenvalue weighted by atomic mass is 9.93. The largest absolute Gasteiger partial charge is 0.246 e. The van der Waals surface area contributed by atoms with E-state index in [0.717, 1.165) is 77.9 Å². The molecule has 4 heterocycles. The molecule has 0 atom stereocenters. The summed E-state index contributed by atoms with van der Waals surface area (Å²) in [5.74, 6) is 0. The minimum Gasteiger partial charge on any atom is -0.246 e. The summed E-state index contributed by atoms with van der Waals surface area (Å²) in [5, 5.41) is 8.05. The zero-order valence-electron chi connectivity index (χ0n) is 30.3. The van der Waals surface area contributed by atoms with Gasteiger partial charge in [-0.05, 0) is 98.9 Å². The molecule has 11 rings (SSSR count). The van der Waals surface area contributed by atoms with Crippen molar-refractivity contribution in [2.24, 2.45) is 0 Å². The second kappa shape index (κ2) is 13.1. The summed E-state index contributed by atoms with van der Waals surface area (Å²) in [6.45, 7) is 0. The molecule has 0 spiro atoms. The molecular weight excluding hydrogens is 681 g/mol. The number of pyridine rings is 4. The van der Waals surface area contributed by atoms with Crippen molar-refractivity contribution in [2.75, 3.05) is 0 Å². The molecule has 0 aliphatic heterocycles. The molecule has 0 radical (unpaired) electrons. The molecule has 56 heavy (non-hydrogen) atoms. The lowest BCUT2D eigenvalue weighted by Crippen LogP contribution is -1.94. The Labute approximate surface area is 323 Å². The molecule has 0 saturated carbocycles. The fraction of sp³-hybridized carbons (Fsp3) is 0. The number of nitrogens with zero attached hydrogens (tertiary/aromatic N) is 4. The molecule has 0 aliphatic carbocycles. The maximum atomic E-state index is 5.26. The van der Waals surface area contributed by atoms with Crippen LogP contribution in [-0.4, -0.2) is 19.9 Å². The zero-order valence-corrected chi connectivity index (χ0v) is 30.3. The highest BCUT2D eigenvalue weighted by Crippen LogP contribution is 2.38. The molecule has 7 aromatic carbocycles. The summed E-state index contributed by atoms with van der Waals surface area (Å²) in [6, 6.07) is 67.8. The Balaban J connectivity index is 0.952. The van der Waals surface area contributed by atoms with Gasteiger partial charge in [-0.1, -0.05) is 133 Å². The monoisotopic (exact) mass is 712 g/mol. The molecule has 0 unspecified atom stereocenters. The molecular formula is C52H32N4. The van der Waals surface area contributed by atoms with Crippen molar-refractivity contribution in [1.82, 2.24) is 19.9 Å². The summed E-state index contributed by atoms with van der Waals surface area (Å²) < 4.78 is 0. The quantitative estimate of drug-likeness (QED) is 0.167. The summed E-state index contributed by atoms with van der Waals surface area (Å²) >= 11 is 0. The standard InChI is InChI=1S/C52H32N4/c1-3-12-33(13-4-1)50-40-18-9-8-17-36(40)32-49-42(50)25-29-47(55-49)45-21-11-20-43(53-45)37-22-26-44-38(31-37)23-27-46(54-44)48-28-24-39-30-35-16-7-10-19-41(35)51(52(39)56-48)34-14-5-2-6-15-34/h1-32H. The van der Waals surface area contributed by atoms with Crippen LogP contribution in [0.15, 0.2) is 194 Å². The average molecular weight is 713 g/mol. The molecule has 4 heteroatoms. The highest BCUT2D eigenvalue weighted by atomic mass is 14.8. The molecule has 0 amide bonds. The molecule has 0 aliphatic rings. The van der Waals surface area contributed by atoms with E-state index in [4.69, 9.17) is 19.9 Å². The van der Waals surface area contributed by atoms with Crippen LogP contribution in [0.3, 0.4) is 0 Å². The molecule has 0 fully saturated rings. The van der Waals surface area contributed by atoms with Gasteiger partial charge in [0.15, 0.2) is 0 Å². The van der Waals surface area contributed by atoms with E-state index in [2.05, 4.69) is 188 Å². The minimum atomic E-state index is 0.831. The predicted molar refractivity (Wildman–Crippen MR) is 232 cm³/mol. The van der Waals surface area contributed by atoms with Crippen molar-refractivity contribution in [2.45, 2.75) is 0 Å². The van der Waals surface area contributed by atoms with Gasteiger partial charge in [0.05, 0.1) is 45.0 Å². The lowest BCUT2D eigenvalue weighted by molar-refractivity contribution is 1.28. The van der Waals surface area contributed by atoms with Crippen molar-refractivity contribution in [1.29, 1.82) is 0 Å². The van der Waals surface area contributed by atoms with E-state index < -0.39 is 0 Å². The van der Waals surface area contributed by atoms with Crippen LogP contribution in [-0.2, 0) is 0 Å². The molecule has 11 aromatic rings. The van der Waals surface area contributed by atoms with Gasteiger partial charge in [-0.2, -0.15) is 0 Å². The van der Waals surface area contributed by atoms with Gasteiger partial charge in [-0.25, -0.2) is 19.9 Å². The molecule has 260 valence electrons. The van der Waals surface area contributed by atoms with Gasteiger partial charge in [0.25, 0.3) is 0 Å². The van der Waals surface area contributed by atoms with Crippen LogP contribution >= 0.6 is 0 Å². The van der Waals surface area contributed by atoms with Gasteiger partial charge in [0, 0.05) is 27.3 Å². The Morgan fingerprint density at radius 1 is 0.250 bits per heavy atom. The number of aromatic nitrogens is 4. The zero-order chi connectivity index (χ0) is 37.0. The predicted octanol–water partition coefficient (Wildman–Crippen LogP) is 13.4. The third-order valence-electron chi connectivity index (χ3n) is 10.8. The van der Waals surface area contributed by atoms with Gasteiger partial charge in [-0.3, -0.25) is 0 Å². The smallest absolute Gasteiger partial charge is 0.0894 e. The lowest BCUT2D eigenvalue weighted by Gasteiger charge is -2.13. The third-order valence-corrected chi connectivity index (χ3v) is 10.8. The van der Waals surface area contributed by atoms with Crippen LogP contribution in [0.5, 0.6) is 0 Å². The maximum absolute atomic E-state index is 5.26. The topological polar surface area (TPSA) is 51.6 Å². The van der Waals surface area contributed by atoms with Gasteiger partial charge in [-0.15, -0.1) is 0 Å². The number of hydrogen-bond acceptors (Lipinski definition) is 4. The number of hydrogen-bond donors (Lipinski definition) is 0. The normalized spacial score (nSPS) is 11.6. The second-order valence-electron chi connectivity index (χ2n) is 14.2. The first-order chi connectivity index (χ1) is 27.7. The average Bonchev–Trinajstić information content (AvgIpc) is 3.27. The van der Waals surface area contributed by atoms with Crippen LogP contribution in [0.2, 0.25) is 0 Å². The summed E-state index contributed by atoms with van der Waals surface area (Å²) in [6.07, 6.45) is 0. The van der Waals surface area contributed by atoms with Gasteiger partial charge in [0.2, 0.25) is 0 Å². The molecule has 4 nitrogen and oxygen atoms in total. The van der Waals surface area contributed by atoms with Crippen molar-refractivity contribution in [3.05, 3.63) is 194 Å². The number of rotatable bonds is 5. The van der Waals surface area contributed by atoms with Crippen molar-refractivity contribution in [3.8, 4) is 56.3 Å². The SMILES string of the molecule is c1ccc(-c2c3ccccc3cc3nc(-c4cccc(-c5ccc6nc(-c7ccc8cc9ccccc9c(-c9ccccc9)c8n7)ccc6c5)n4)ccc23)cc1. The van der Waals surface area contributed by atoms with Crippen molar-refractivity contribution >= 4 is 54.3 Å². The first kappa shape index (κ1) is 31.9. The number of benzene rings is 7. The van der Waals surface area contributed by atoms with Gasteiger partial charge in [0.1, 0.15) is 0 Å². The Morgan fingerprint density at radius 2 is 0.821 bits per heavy atom. The molecule has 4 aromatic heterocycles. The van der Waals surface area contributed by atoms with E-state index in [1.165, 1.54) is 32.7 Å². The van der Waals surface area contributed by atoms with Crippen LogP contribution < -0.4 is 0 Å². The fourth-order valence-corrected chi connectivity index (χ4v) is 8.14. The van der Waals surface area contributed by atoms with Gasteiger partial charge >= 0.3 is 0 Å². The van der Waals surface area contributed by atoms with Crippen LogP contribution in [0.25, 0.3) is 111 Å². The van der Waals surface area contributed by atoms with E-state index >= 15 is 0 Å². The van der Waals surface area contributed by atoms with E-state index in [1.807, 2.05) is 6.07 Å². The first-order valence-corrected chi connectivity index (χ1v) is 18.9. The maximum Gasteiger partial charge on any atom is 0.0894 e. The Morgan fingerprint density at radius 3 is 1.59 bits per heavy atom. The highest BCUT2D eigenvalue weighted by molar-refractivity contribution is 6.13. The van der Waals surface area contributed by atoms with E-state index in [-0.39, 0.29) is 0 Å². The van der Waals surface area contributed by atoms with Crippen molar-refractivity contribution < 1.29 is 0 Å². The minimum absolute atomic E-state index is 0.831. The Hall–Kier alpha value is -7.56. The highest BCUT2D eigenvalue weighted by Gasteiger charge is 2.15. The van der Waals surface area contributed by atoms with Crippen molar-refractivity contribution in [3.63, 3.8) is 0 Å². The summed E-state index contributed by atoms with van der Waals surface area (Å²) in [5.41, 5.74) is 12.8. The van der Waals surface area contributed by atoms with E-state index in [1.54, 1.807) is 0 Å².